The Bertz CT molecular complexity index is 714. The number of rotatable bonds is 9. The van der Waals surface area contributed by atoms with E-state index in [2.05, 4.69) is 29.2 Å². The molecule has 1 rings (SSSR count). The lowest BCUT2D eigenvalue weighted by molar-refractivity contribution is -0.123. The zero-order valence-corrected chi connectivity index (χ0v) is 16.8. The van der Waals surface area contributed by atoms with Crippen molar-refractivity contribution < 1.29 is 18.0 Å². The first-order chi connectivity index (χ1) is 12.0. The topological polar surface area (TPSA) is 104 Å². The molecule has 26 heavy (non-hydrogen) atoms. The van der Waals surface area contributed by atoms with Gasteiger partial charge in [0.1, 0.15) is 0 Å². The fraction of sp³-hybridized carbons (Fsp3) is 0.556. The number of hydrogen-bond acceptors (Lipinski definition) is 4. The van der Waals surface area contributed by atoms with Crippen molar-refractivity contribution in [3.8, 4) is 0 Å². The number of carbonyl (C=O) groups is 2. The summed E-state index contributed by atoms with van der Waals surface area (Å²) in [5.74, 6) is -0.0546. The van der Waals surface area contributed by atoms with E-state index < -0.39 is 16.1 Å². The van der Waals surface area contributed by atoms with Crippen molar-refractivity contribution in [3.05, 3.63) is 24.3 Å². The van der Waals surface area contributed by atoms with Gasteiger partial charge < -0.3 is 10.6 Å². The Morgan fingerprint density at radius 3 is 2.08 bits per heavy atom. The van der Waals surface area contributed by atoms with Crippen LogP contribution in [0.15, 0.2) is 29.2 Å². The Kier molecular flexibility index (Phi) is 8.23. The zero-order chi connectivity index (χ0) is 19.9. The van der Waals surface area contributed by atoms with E-state index in [1.807, 2.05) is 6.92 Å². The maximum absolute atomic E-state index is 12.4. The van der Waals surface area contributed by atoms with E-state index in [1.54, 1.807) is 0 Å². The molecule has 0 aliphatic rings. The summed E-state index contributed by atoms with van der Waals surface area (Å²) in [6.07, 6.45) is 1.83. The van der Waals surface area contributed by atoms with Crippen molar-refractivity contribution in [3.63, 3.8) is 0 Å². The summed E-state index contributed by atoms with van der Waals surface area (Å²) < 4.78 is 27.2. The largest absolute Gasteiger partial charge is 0.352 e. The van der Waals surface area contributed by atoms with Crippen LogP contribution in [0, 0.1) is 5.92 Å². The lowest BCUT2D eigenvalue weighted by atomic mass is 10.0. The van der Waals surface area contributed by atoms with E-state index in [1.165, 1.54) is 38.1 Å². The van der Waals surface area contributed by atoms with Crippen molar-refractivity contribution in [2.24, 2.45) is 5.92 Å². The Morgan fingerprint density at radius 1 is 1.00 bits per heavy atom. The summed E-state index contributed by atoms with van der Waals surface area (Å²) in [6, 6.07) is 4.83. The van der Waals surface area contributed by atoms with Crippen molar-refractivity contribution >= 4 is 27.5 Å². The summed E-state index contributed by atoms with van der Waals surface area (Å²) in [5, 5.41) is 5.39. The van der Waals surface area contributed by atoms with E-state index in [4.69, 9.17) is 0 Å². The molecule has 146 valence electrons. The fourth-order valence-electron chi connectivity index (χ4n) is 2.30. The second kappa shape index (κ2) is 9.68. The van der Waals surface area contributed by atoms with Crippen molar-refractivity contribution in [1.29, 1.82) is 0 Å². The second-order valence-electron chi connectivity index (χ2n) is 6.93. The molecular formula is C18H29N3O4S. The van der Waals surface area contributed by atoms with Crippen molar-refractivity contribution in [2.75, 3.05) is 5.32 Å². The molecule has 8 heteroatoms. The van der Waals surface area contributed by atoms with Gasteiger partial charge in [0.2, 0.25) is 21.8 Å². The van der Waals surface area contributed by atoms with Gasteiger partial charge >= 0.3 is 0 Å². The molecule has 0 spiro atoms. The van der Waals surface area contributed by atoms with E-state index in [0.29, 0.717) is 11.6 Å². The summed E-state index contributed by atoms with van der Waals surface area (Å²) in [6.45, 7) is 9.01. The van der Waals surface area contributed by atoms with Crippen LogP contribution in [0.3, 0.4) is 0 Å². The van der Waals surface area contributed by atoms with Crippen molar-refractivity contribution in [2.45, 2.75) is 64.4 Å². The quantitative estimate of drug-likeness (QED) is 0.608. The van der Waals surface area contributed by atoms with Gasteiger partial charge in [-0.3, -0.25) is 9.59 Å². The number of sulfonamides is 1. The van der Waals surface area contributed by atoms with Crippen LogP contribution in [0.1, 0.15) is 47.5 Å². The minimum absolute atomic E-state index is 0.0196. The van der Waals surface area contributed by atoms with Crippen LogP contribution in [0.4, 0.5) is 5.69 Å². The molecule has 0 aromatic heterocycles. The predicted octanol–water partition coefficient (Wildman–Crippen LogP) is 2.25. The lowest BCUT2D eigenvalue weighted by Gasteiger charge is -2.19. The Balaban J connectivity index is 2.67. The van der Waals surface area contributed by atoms with E-state index in [0.717, 1.165) is 12.8 Å². The number of carbonyl (C=O) groups excluding carboxylic acids is 2. The first-order valence-electron chi connectivity index (χ1n) is 8.71. The maximum Gasteiger partial charge on any atom is 0.241 e. The molecule has 2 atom stereocenters. The zero-order valence-electron chi connectivity index (χ0n) is 16.0. The number of hydrogen-bond donors (Lipinski definition) is 3. The average molecular weight is 384 g/mol. The summed E-state index contributed by atoms with van der Waals surface area (Å²) >= 11 is 0. The molecule has 0 fully saturated rings. The average Bonchev–Trinajstić information content (AvgIpc) is 2.52. The number of anilines is 1. The third-order valence-electron chi connectivity index (χ3n) is 3.78. The van der Waals surface area contributed by atoms with Gasteiger partial charge in [0.15, 0.2) is 0 Å². The smallest absolute Gasteiger partial charge is 0.241 e. The first kappa shape index (κ1) is 22.1. The van der Waals surface area contributed by atoms with Crippen LogP contribution in [0.25, 0.3) is 0 Å². The number of benzene rings is 1. The third kappa shape index (κ3) is 7.53. The molecule has 2 amide bonds. The van der Waals surface area contributed by atoms with Gasteiger partial charge in [-0.2, -0.15) is 4.72 Å². The molecule has 1 aromatic rings. The molecule has 0 heterocycles. The van der Waals surface area contributed by atoms with Gasteiger partial charge in [-0.25, -0.2) is 8.42 Å². The molecule has 3 N–H and O–H groups in total. The van der Waals surface area contributed by atoms with Crippen LogP contribution < -0.4 is 15.4 Å². The highest BCUT2D eigenvalue weighted by atomic mass is 32.2. The molecule has 0 unspecified atom stereocenters. The summed E-state index contributed by atoms with van der Waals surface area (Å²) in [4.78, 5) is 23.2. The highest BCUT2D eigenvalue weighted by Crippen LogP contribution is 2.14. The molecule has 0 saturated heterocycles. The van der Waals surface area contributed by atoms with E-state index in [9.17, 15) is 18.0 Å². The van der Waals surface area contributed by atoms with Crippen LogP contribution in [-0.2, 0) is 19.6 Å². The van der Waals surface area contributed by atoms with Crippen LogP contribution in [0.5, 0.6) is 0 Å². The summed E-state index contributed by atoms with van der Waals surface area (Å²) in [7, 11) is -3.83. The minimum Gasteiger partial charge on any atom is -0.352 e. The Morgan fingerprint density at radius 2 is 1.58 bits per heavy atom. The molecule has 0 aliphatic carbocycles. The van der Waals surface area contributed by atoms with Crippen LogP contribution in [0.2, 0.25) is 0 Å². The highest BCUT2D eigenvalue weighted by molar-refractivity contribution is 7.89. The molecule has 0 radical (unpaired) electrons. The van der Waals surface area contributed by atoms with Gasteiger partial charge in [0.05, 0.1) is 10.9 Å². The summed E-state index contributed by atoms with van der Waals surface area (Å²) in [5.41, 5.74) is 0.501. The van der Waals surface area contributed by atoms with Gasteiger partial charge in [-0.05, 0) is 56.9 Å². The predicted molar refractivity (Wildman–Crippen MR) is 102 cm³/mol. The van der Waals surface area contributed by atoms with Crippen molar-refractivity contribution in [1.82, 2.24) is 10.0 Å². The minimum atomic E-state index is -3.83. The van der Waals surface area contributed by atoms with E-state index >= 15 is 0 Å². The molecule has 0 aliphatic heterocycles. The molecule has 7 nitrogen and oxygen atoms in total. The normalized spacial score (nSPS) is 13.9. The standard InChI is InChI=1S/C18H29N3O4S/c1-12(2)6-7-13(3)19-18(23)14(4)21-26(24,25)17-10-8-16(9-11-17)20-15(5)22/h8-14,21H,6-7H2,1-5H3,(H,19,23)(H,20,22)/t13-,14-/m1/s1. The highest BCUT2D eigenvalue weighted by Gasteiger charge is 2.23. The molecular weight excluding hydrogens is 354 g/mol. The first-order valence-corrected chi connectivity index (χ1v) is 10.2. The van der Waals surface area contributed by atoms with Gasteiger partial charge in [0, 0.05) is 18.7 Å². The monoisotopic (exact) mass is 383 g/mol. The molecule has 0 bridgehead atoms. The third-order valence-corrected chi connectivity index (χ3v) is 5.33. The lowest BCUT2D eigenvalue weighted by Crippen LogP contribution is -2.47. The van der Waals surface area contributed by atoms with E-state index in [-0.39, 0.29) is 22.8 Å². The number of nitrogens with one attached hydrogen (secondary N) is 3. The van der Waals surface area contributed by atoms with Gasteiger partial charge in [-0.1, -0.05) is 13.8 Å². The van der Waals surface area contributed by atoms with Gasteiger partial charge in [0.25, 0.3) is 0 Å². The maximum atomic E-state index is 12.4. The second-order valence-corrected chi connectivity index (χ2v) is 8.64. The fourth-order valence-corrected chi connectivity index (χ4v) is 3.50. The van der Waals surface area contributed by atoms with Crippen LogP contribution >= 0.6 is 0 Å². The van der Waals surface area contributed by atoms with Gasteiger partial charge in [-0.15, -0.1) is 0 Å². The Labute approximate surface area is 156 Å². The number of amides is 2. The molecule has 0 saturated carbocycles. The Hall–Kier alpha value is -1.93. The van der Waals surface area contributed by atoms with Crippen LogP contribution in [-0.4, -0.2) is 32.3 Å². The SMILES string of the molecule is CC(=O)Nc1ccc(S(=O)(=O)N[C@H](C)C(=O)N[C@H](C)CCC(C)C)cc1. The molecule has 1 aromatic carbocycles.